The van der Waals surface area contributed by atoms with Gasteiger partial charge >= 0.3 is 0 Å². The lowest BCUT2D eigenvalue weighted by Gasteiger charge is -2.23. The van der Waals surface area contributed by atoms with Crippen LogP contribution in [0, 0.1) is 17.1 Å². The largest absolute Gasteiger partial charge is 0.310 e. The number of nitrogens with zero attached hydrogens (tertiary/aromatic N) is 1. The van der Waals surface area contributed by atoms with Gasteiger partial charge in [-0.2, -0.15) is 5.26 Å². The van der Waals surface area contributed by atoms with Gasteiger partial charge in [-0.05, 0) is 31.0 Å². The predicted octanol–water partition coefficient (Wildman–Crippen LogP) is 1.36. The minimum absolute atomic E-state index is 0.0914. The van der Waals surface area contributed by atoms with Gasteiger partial charge in [0.2, 0.25) is 0 Å². The van der Waals surface area contributed by atoms with Crippen LogP contribution >= 0.6 is 0 Å². The van der Waals surface area contributed by atoms with E-state index in [0.717, 1.165) is 0 Å². The number of benzene rings is 1. The summed E-state index contributed by atoms with van der Waals surface area (Å²) in [4.78, 5) is 0. The van der Waals surface area contributed by atoms with Gasteiger partial charge in [0.15, 0.2) is 0 Å². The Morgan fingerprint density at radius 1 is 1.37 bits per heavy atom. The maximum Gasteiger partial charge on any atom is 0.150 e. The highest BCUT2D eigenvalue weighted by atomic mass is 32.2. The molecule has 0 aliphatic carbocycles. The summed E-state index contributed by atoms with van der Waals surface area (Å²) < 4.78 is 36.1. The molecule has 6 heteroatoms. The van der Waals surface area contributed by atoms with Crippen LogP contribution < -0.4 is 5.32 Å². The van der Waals surface area contributed by atoms with Crippen LogP contribution in [0.2, 0.25) is 0 Å². The second kappa shape index (κ2) is 5.68. The first-order valence-corrected chi connectivity index (χ1v) is 7.94. The van der Waals surface area contributed by atoms with E-state index in [0.29, 0.717) is 30.5 Å². The topological polar surface area (TPSA) is 70.0 Å². The lowest BCUT2D eigenvalue weighted by atomic mass is 10.1. The molecule has 1 saturated heterocycles. The standard InChI is InChI=1S/C13H15FN2O2S/c14-13-2-1-10(8-15)7-11(13)9-16-12-3-5-19(17,18)6-4-12/h1-2,7,12,16H,3-6,9H2. The molecule has 1 fully saturated rings. The number of rotatable bonds is 3. The van der Waals surface area contributed by atoms with Crippen molar-refractivity contribution in [3.63, 3.8) is 0 Å². The average Bonchev–Trinajstić information content (AvgIpc) is 2.39. The van der Waals surface area contributed by atoms with Crippen LogP contribution in [0.1, 0.15) is 24.0 Å². The lowest BCUT2D eigenvalue weighted by molar-refractivity contribution is 0.456. The van der Waals surface area contributed by atoms with Crippen LogP contribution in [-0.2, 0) is 16.4 Å². The summed E-state index contributed by atoms with van der Waals surface area (Å²) in [6.45, 7) is 0.312. The van der Waals surface area contributed by atoms with Crippen LogP contribution in [0.5, 0.6) is 0 Å². The van der Waals surface area contributed by atoms with E-state index in [-0.39, 0.29) is 23.4 Å². The number of nitrogens with one attached hydrogen (secondary N) is 1. The molecule has 19 heavy (non-hydrogen) atoms. The molecule has 0 saturated carbocycles. The van der Waals surface area contributed by atoms with E-state index in [1.807, 2.05) is 6.07 Å². The fraction of sp³-hybridized carbons (Fsp3) is 0.462. The van der Waals surface area contributed by atoms with Crippen LogP contribution in [0.25, 0.3) is 0 Å². The third-order valence-electron chi connectivity index (χ3n) is 3.31. The molecule has 1 aliphatic rings. The van der Waals surface area contributed by atoms with Crippen LogP contribution in [-0.4, -0.2) is 26.0 Å². The van der Waals surface area contributed by atoms with Gasteiger partial charge in [0.25, 0.3) is 0 Å². The average molecular weight is 282 g/mol. The molecular weight excluding hydrogens is 267 g/mol. The molecule has 0 radical (unpaired) electrons. The molecule has 0 amide bonds. The van der Waals surface area contributed by atoms with E-state index in [1.165, 1.54) is 18.2 Å². The number of hydrogen-bond acceptors (Lipinski definition) is 4. The normalized spacial score (nSPS) is 18.9. The van der Waals surface area contributed by atoms with E-state index in [2.05, 4.69) is 5.32 Å². The molecule has 4 nitrogen and oxygen atoms in total. The van der Waals surface area contributed by atoms with Crippen LogP contribution in [0.3, 0.4) is 0 Å². The van der Waals surface area contributed by atoms with Gasteiger partial charge in [0.05, 0.1) is 23.1 Å². The molecule has 1 N–H and O–H groups in total. The molecular formula is C13H15FN2O2S. The van der Waals surface area contributed by atoms with Crippen LogP contribution in [0.15, 0.2) is 18.2 Å². The zero-order chi connectivity index (χ0) is 13.9. The monoisotopic (exact) mass is 282 g/mol. The Labute approximate surface area is 112 Å². The molecule has 1 aliphatic heterocycles. The quantitative estimate of drug-likeness (QED) is 0.909. The van der Waals surface area contributed by atoms with Crippen molar-refractivity contribution in [2.45, 2.75) is 25.4 Å². The van der Waals surface area contributed by atoms with Gasteiger partial charge in [-0.1, -0.05) is 0 Å². The van der Waals surface area contributed by atoms with Gasteiger partial charge in [0, 0.05) is 18.2 Å². The summed E-state index contributed by atoms with van der Waals surface area (Å²) in [6.07, 6.45) is 1.11. The SMILES string of the molecule is N#Cc1ccc(F)c(CNC2CCS(=O)(=O)CC2)c1. The second-order valence-electron chi connectivity index (χ2n) is 4.72. The summed E-state index contributed by atoms with van der Waals surface area (Å²) in [7, 11) is -2.87. The van der Waals surface area contributed by atoms with E-state index in [4.69, 9.17) is 5.26 Å². The molecule has 2 rings (SSSR count). The third-order valence-corrected chi connectivity index (χ3v) is 5.03. The summed E-state index contributed by atoms with van der Waals surface area (Å²) in [5, 5.41) is 11.9. The van der Waals surface area contributed by atoms with Gasteiger partial charge in [-0.3, -0.25) is 0 Å². The Kier molecular flexibility index (Phi) is 4.17. The van der Waals surface area contributed by atoms with Crippen molar-refractivity contribution in [1.29, 1.82) is 5.26 Å². The van der Waals surface area contributed by atoms with Crippen molar-refractivity contribution in [3.05, 3.63) is 35.1 Å². The molecule has 102 valence electrons. The van der Waals surface area contributed by atoms with Gasteiger partial charge in [0.1, 0.15) is 15.7 Å². The Hall–Kier alpha value is -1.45. The smallest absolute Gasteiger partial charge is 0.150 e. The number of halogens is 1. The van der Waals surface area contributed by atoms with Gasteiger partial charge in [-0.25, -0.2) is 12.8 Å². The van der Waals surface area contributed by atoms with Crippen molar-refractivity contribution in [2.24, 2.45) is 0 Å². The highest BCUT2D eigenvalue weighted by Gasteiger charge is 2.23. The molecule has 0 atom stereocenters. The van der Waals surface area contributed by atoms with E-state index in [1.54, 1.807) is 0 Å². The fourth-order valence-electron chi connectivity index (χ4n) is 2.13. The Bertz CT molecular complexity index is 594. The third kappa shape index (κ3) is 3.75. The van der Waals surface area contributed by atoms with Crippen molar-refractivity contribution in [3.8, 4) is 6.07 Å². The Balaban J connectivity index is 1.95. The summed E-state index contributed by atoms with van der Waals surface area (Å²) in [5.74, 6) is 0.0199. The Morgan fingerprint density at radius 3 is 2.68 bits per heavy atom. The molecule has 0 spiro atoms. The number of hydrogen-bond donors (Lipinski definition) is 1. The first kappa shape index (κ1) is 14.0. The van der Waals surface area contributed by atoms with Gasteiger partial charge < -0.3 is 5.32 Å². The molecule has 1 aromatic rings. The zero-order valence-corrected chi connectivity index (χ0v) is 11.2. The van der Waals surface area contributed by atoms with Crippen molar-refractivity contribution >= 4 is 9.84 Å². The van der Waals surface area contributed by atoms with Gasteiger partial charge in [-0.15, -0.1) is 0 Å². The first-order valence-electron chi connectivity index (χ1n) is 6.12. The molecule has 1 heterocycles. The summed E-state index contributed by atoms with van der Waals surface area (Å²) >= 11 is 0. The maximum atomic E-state index is 13.5. The maximum absolute atomic E-state index is 13.5. The highest BCUT2D eigenvalue weighted by Crippen LogP contribution is 2.14. The minimum atomic E-state index is -2.87. The van der Waals surface area contributed by atoms with Crippen molar-refractivity contribution in [1.82, 2.24) is 5.32 Å². The molecule has 0 aromatic heterocycles. The Morgan fingerprint density at radius 2 is 2.05 bits per heavy atom. The lowest BCUT2D eigenvalue weighted by Crippen LogP contribution is -2.37. The summed E-state index contributed by atoms with van der Waals surface area (Å²) in [6, 6.07) is 6.29. The van der Waals surface area contributed by atoms with Crippen LogP contribution in [0.4, 0.5) is 4.39 Å². The molecule has 0 bridgehead atoms. The summed E-state index contributed by atoms with van der Waals surface area (Å²) in [5.41, 5.74) is 0.858. The van der Waals surface area contributed by atoms with E-state index < -0.39 is 9.84 Å². The van der Waals surface area contributed by atoms with Crippen molar-refractivity contribution < 1.29 is 12.8 Å². The van der Waals surface area contributed by atoms with E-state index in [9.17, 15) is 12.8 Å². The highest BCUT2D eigenvalue weighted by molar-refractivity contribution is 7.91. The van der Waals surface area contributed by atoms with Crippen molar-refractivity contribution in [2.75, 3.05) is 11.5 Å². The molecule has 0 unspecified atom stereocenters. The second-order valence-corrected chi connectivity index (χ2v) is 7.03. The number of sulfone groups is 1. The molecule has 1 aromatic carbocycles. The number of nitriles is 1. The minimum Gasteiger partial charge on any atom is -0.310 e. The van der Waals surface area contributed by atoms with E-state index >= 15 is 0 Å². The first-order chi connectivity index (χ1) is 9.00. The predicted molar refractivity (Wildman–Crippen MR) is 69.6 cm³/mol. The zero-order valence-electron chi connectivity index (χ0n) is 10.4. The fourth-order valence-corrected chi connectivity index (χ4v) is 3.62.